The van der Waals surface area contributed by atoms with E-state index in [0.717, 1.165) is 43.2 Å². The van der Waals surface area contributed by atoms with Gasteiger partial charge in [-0.1, -0.05) is 11.6 Å². The molecule has 0 spiro atoms. The van der Waals surface area contributed by atoms with Crippen LogP contribution in [-0.2, 0) is 11.2 Å². The number of hydrogen-bond acceptors (Lipinski definition) is 4. The molecule has 102 valence electrons. The summed E-state index contributed by atoms with van der Waals surface area (Å²) in [5.74, 6) is 1.76. The van der Waals surface area contributed by atoms with Crippen molar-refractivity contribution < 1.29 is 4.74 Å². The van der Waals surface area contributed by atoms with Gasteiger partial charge in [0.2, 0.25) is 0 Å². The molecule has 0 saturated carbocycles. The van der Waals surface area contributed by atoms with Gasteiger partial charge < -0.3 is 4.74 Å². The molecule has 2 aromatic heterocycles. The highest BCUT2D eigenvalue weighted by molar-refractivity contribution is 6.29. The van der Waals surface area contributed by atoms with Crippen molar-refractivity contribution in [3.05, 3.63) is 22.9 Å². The summed E-state index contributed by atoms with van der Waals surface area (Å²) in [4.78, 5) is 4.25. The van der Waals surface area contributed by atoms with E-state index >= 15 is 0 Å². The molecule has 1 aliphatic heterocycles. The average molecular weight is 281 g/mol. The minimum absolute atomic E-state index is 0.363. The highest BCUT2D eigenvalue weighted by Gasteiger charge is 2.16. The van der Waals surface area contributed by atoms with Crippen molar-refractivity contribution >= 4 is 17.2 Å². The molecular formula is C13H17ClN4O. The van der Waals surface area contributed by atoms with E-state index in [0.29, 0.717) is 11.3 Å². The molecule has 0 aromatic carbocycles. The fraction of sp³-hybridized carbons (Fsp3) is 0.615. The van der Waals surface area contributed by atoms with Crippen LogP contribution in [0.2, 0.25) is 5.15 Å². The maximum Gasteiger partial charge on any atom is 0.165 e. The van der Waals surface area contributed by atoms with Gasteiger partial charge in [0.1, 0.15) is 16.8 Å². The largest absolute Gasteiger partial charge is 0.378 e. The minimum atomic E-state index is 0.363. The van der Waals surface area contributed by atoms with Crippen molar-refractivity contribution in [2.45, 2.75) is 45.1 Å². The summed E-state index contributed by atoms with van der Waals surface area (Å²) in [5.41, 5.74) is 0.761. The quantitative estimate of drug-likeness (QED) is 0.811. The van der Waals surface area contributed by atoms with Crippen molar-refractivity contribution in [3.8, 4) is 0 Å². The molecule has 0 bridgehead atoms. The van der Waals surface area contributed by atoms with Crippen LogP contribution in [0, 0.1) is 6.92 Å². The first-order chi connectivity index (χ1) is 9.24. The predicted molar refractivity (Wildman–Crippen MR) is 72.4 cm³/mol. The van der Waals surface area contributed by atoms with E-state index in [1.54, 1.807) is 6.07 Å². The second-order valence-corrected chi connectivity index (χ2v) is 5.35. The van der Waals surface area contributed by atoms with Gasteiger partial charge in [0.25, 0.3) is 0 Å². The topological polar surface area (TPSA) is 52.3 Å². The zero-order chi connectivity index (χ0) is 13.2. The van der Waals surface area contributed by atoms with E-state index in [1.807, 2.05) is 11.3 Å². The van der Waals surface area contributed by atoms with Crippen LogP contribution in [0.4, 0.5) is 0 Å². The van der Waals surface area contributed by atoms with Crippen LogP contribution in [0.15, 0.2) is 6.07 Å². The molecular weight excluding hydrogens is 264 g/mol. The Labute approximate surface area is 117 Å². The summed E-state index contributed by atoms with van der Waals surface area (Å²) >= 11 is 5.92. The number of nitrogens with zero attached hydrogens (tertiary/aromatic N) is 4. The van der Waals surface area contributed by atoms with E-state index in [4.69, 9.17) is 16.3 Å². The van der Waals surface area contributed by atoms with Crippen LogP contribution in [0.3, 0.4) is 0 Å². The molecule has 1 saturated heterocycles. The molecule has 3 rings (SSSR count). The lowest BCUT2D eigenvalue weighted by Crippen LogP contribution is -2.20. The SMILES string of the molecule is Cc1nc(Cl)cc2nnc(CCC3CCCCO3)n12. The zero-order valence-electron chi connectivity index (χ0n) is 11.0. The second-order valence-electron chi connectivity index (χ2n) is 4.96. The van der Waals surface area contributed by atoms with Crippen LogP contribution in [-0.4, -0.2) is 32.3 Å². The first kappa shape index (κ1) is 12.8. The molecule has 0 amide bonds. The third kappa shape index (κ3) is 2.72. The van der Waals surface area contributed by atoms with E-state index in [-0.39, 0.29) is 0 Å². The molecule has 3 heterocycles. The Morgan fingerprint density at radius 3 is 3.11 bits per heavy atom. The van der Waals surface area contributed by atoms with Crippen LogP contribution < -0.4 is 0 Å². The monoisotopic (exact) mass is 280 g/mol. The highest BCUT2D eigenvalue weighted by Crippen LogP contribution is 2.18. The van der Waals surface area contributed by atoms with Gasteiger partial charge in [-0.05, 0) is 32.6 Å². The predicted octanol–water partition coefficient (Wildman–Crippen LogP) is 2.59. The molecule has 0 aliphatic carbocycles. The molecule has 19 heavy (non-hydrogen) atoms. The van der Waals surface area contributed by atoms with E-state index < -0.39 is 0 Å². The van der Waals surface area contributed by atoms with Crippen LogP contribution >= 0.6 is 11.6 Å². The van der Waals surface area contributed by atoms with Gasteiger partial charge in [0, 0.05) is 19.1 Å². The van der Waals surface area contributed by atoms with Crippen molar-refractivity contribution in [1.29, 1.82) is 0 Å². The smallest absolute Gasteiger partial charge is 0.165 e. The summed E-state index contributed by atoms with van der Waals surface area (Å²) in [6.07, 6.45) is 5.81. The zero-order valence-corrected chi connectivity index (χ0v) is 11.7. The van der Waals surface area contributed by atoms with Gasteiger partial charge in [-0.25, -0.2) is 4.98 Å². The Bertz CT molecular complexity index is 577. The number of halogens is 1. The van der Waals surface area contributed by atoms with E-state index in [9.17, 15) is 0 Å². The summed E-state index contributed by atoms with van der Waals surface area (Å²) < 4.78 is 7.71. The lowest BCUT2D eigenvalue weighted by molar-refractivity contribution is 0.0112. The molecule has 0 N–H and O–H groups in total. The first-order valence-corrected chi connectivity index (χ1v) is 7.10. The molecule has 1 unspecified atom stereocenters. The van der Waals surface area contributed by atoms with Gasteiger partial charge in [0.15, 0.2) is 5.65 Å². The highest BCUT2D eigenvalue weighted by atomic mass is 35.5. The Morgan fingerprint density at radius 2 is 2.32 bits per heavy atom. The molecule has 6 heteroatoms. The van der Waals surface area contributed by atoms with Crippen molar-refractivity contribution in [3.63, 3.8) is 0 Å². The number of fused-ring (bicyclic) bond motifs is 1. The lowest BCUT2D eigenvalue weighted by atomic mass is 10.0. The normalized spacial score (nSPS) is 20.0. The van der Waals surface area contributed by atoms with Gasteiger partial charge >= 0.3 is 0 Å². The van der Waals surface area contributed by atoms with Crippen molar-refractivity contribution in [2.24, 2.45) is 0 Å². The lowest BCUT2D eigenvalue weighted by Gasteiger charge is -2.22. The molecule has 1 atom stereocenters. The Hall–Kier alpha value is -1.20. The van der Waals surface area contributed by atoms with Crippen molar-refractivity contribution in [2.75, 3.05) is 6.61 Å². The summed E-state index contributed by atoms with van der Waals surface area (Å²) in [6.45, 7) is 2.81. The molecule has 5 nitrogen and oxygen atoms in total. The standard InChI is InChI=1S/C13H17ClN4O/c1-9-15-11(14)8-13-17-16-12(18(9)13)6-5-10-4-2-3-7-19-10/h8,10H,2-7H2,1H3. The molecule has 2 aromatic rings. The average Bonchev–Trinajstić information content (AvgIpc) is 2.81. The second kappa shape index (κ2) is 5.43. The Kier molecular flexibility index (Phi) is 3.66. The van der Waals surface area contributed by atoms with Gasteiger partial charge in [-0.3, -0.25) is 4.40 Å². The summed E-state index contributed by atoms with van der Waals surface area (Å²) in [7, 11) is 0. The number of aryl methyl sites for hydroxylation is 2. The fourth-order valence-corrected chi connectivity index (χ4v) is 2.83. The van der Waals surface area contributed by atoms with E-state index in [1.165, 1.54) is 12.8 Å². The van der Waals surface area contributed by atoms with Crippen LogP contribution in [0.25, 0.3) is 5.65 Å². The third-order valence-corrected chi connectivity index (χ3v) is 3.75. The van der Waals surface area contributed by atoms with Crippen LogP contribution in [0.1, 0.15) is 37.3 Å². The summed E-state index contributed by atoms with van der Waals surface area (Å²) in [6, 6.07) is 1.74. The first-order valence-electron chi connectivity index (χ1n) is 6.73. The number of ether oxygens (including phenoxy) is 1. The number of rotatable bonds is 3. The Balaban J connectivity index is 1.77. The summed E-state index contributed by atoms with van der Waals surface area (Å²) in [5, 5.41) is 8.85. The van der Waals surface area contributed by atoms with Gasteiger partial charge in [0.05, 0.1) is 6.10 Å². The number of hydrogen-bond donors (Lipinski definition) is 0. The number of aromatic nitrogens is 4. The maximum atomic E-state index is 5.92. The third-order valence-electron chi connectivity index (χ3n) is 3.56. The maximum absolute atomic E-state index is 5.92. The molecule has 0 radical (unpaired) electrons. The Morgan fingerprint density at radius 1 is 1.42 bits per heavy atom. The molecule has 1 aliphatic rings. The fourth-order valence-electron chi connectivity index (χ4n) is 2.61. The molecule has 1 fully saturated rings. The van der Waals surface area contributed by atoms with Crippen molar-refractivity contribution in [1.82, 2.24) is 19.6 Å². The van der Waals surface area contributed by atoms with Gasteiger partial charge in [-0.15, -0.1) is 10.2 Å². The van der Waals surface area contributed by atoms with E-state index in [2.05, 4.69) is 15.2 Å². The van der Waals surface area contributed by atoms with Gasteiger partial charge in [-0.2, -0.15) is 0 Å². The minimum Gasteiger partial charge on any atom is -0.378 e. The van der Waals surface area contributed by atoms with Crippen LogP contribution in [0.5, 0.6) is 0 Å².